The average Bonchev–Trinajstić information content (AvgIpc) is 2.90. The molecule has 0 aliphatic carbocycles. The van der Waals surface area contributed by atoms with Crippen LogP contribution in [0.1, 0.15) is 39.2 Å². The second kappa shape index (κ2) is 6.15. The van der Waals surface area contributed by atoms with Crippen molar-refractivity contribution >= 4 is 11.6 Å². The van der Waals surface area contributed by atoms with Gasteiger partial charge in [-0.15, -0.1) is 0 Å². The highest BCUT2D eigenvalue weighted by Gasteiger charge is 2.20. The van der Waals surface area contributed by atoms with E-state index in [9.17, 15) is 0 Å². The molecule has 0 radical (unpaired) electrons. The lowest BCUT2D eigenvalue weighted by molar-refractivity contribution is 0.260. The Bertz CT molecular complexity index is 425. The highest BCUT2D eigenvalue weighted by Crippen LogP contribution is 2.33. The van der Waals surface area contributed by atoms with Gasteiger partial charge in [0.25, 0.3) is 0 Å². The number of halogens is 1. The van der Waals surface area contributed by atoms with Crippen molar-refractivity contribution in [2.24, 2.45) is 5.92 Å². The first kappa shape index (κ1) is 14.7. The van der Waals surface area contributed by atoms with Gasteiger partial charge in [-0.05, 0) is 42.5 Å². The van der Waals surface area contributed by atoms with Gasteiger partial charge in [0.15, 0.2) is 0 Å². The van der Waals surface area contributed by atoms with Crippen molar-refractivity contribution in [3.63, 3.8) is 0 Å². The Kier molecular flexibility index (Phi) is 4.75. The number of hydrogen-bond donors (Lipinski definition) is 1. The van der Waals surface area contributed by atoms with Crippen LogP contribution in [0.4, 0.5) is 0 Å². The van der Waals surface area contributed by atoms with E-state index in [1.807, 2.05) is 12.1 Å². The fourth-order valence-corrected chi connectivity index (χ4v) is 2.54. The lowest BCUT2D eigenvalue weighted by Gasteiger charge is -2.24. The number of benzene rings is 1. The Labute approximate surface area is 121 Å². The smallest absolute Gasteiger partial charge is 0.137 e. The molecule has 1 N–H and O–H groups in total. The monoisotopic (exact) mass is 281 g/mol. The molecule has 0 spiro atoms. The van der Waals surface area contributed by atoms with Gasteiger partial charge in [0.05, 0.1) is 11.6 Å². The third-order valence-electron chi connectivity index (χ3n) is 4.23. The molecule has 3 heteroatoms. The zero-order valence-electron chi connectivity index (χ0n) is 12.1. The lowest BCUT2D eigenvalue weighted by atomic mass is 9.82. The van der Waals surface area contributed by atoms with Crippen LogP contribution in [-0.2, 0) is 5.41 Å². The minimum atomic E-state index is 0.164. The van der Waals surface area contributed by atoms with Gasteiger partial charge in [-0.25, -0.2) is 0 Å². The van der Waals surface area contributed by atoms with Crippen LogP contribution in [0.3, 0.4) is 0 Å². The van der Waals surface area contributed by atoms with E-state index >= 15 is 0 Å². The maximum Gasteiger partial charge on any atom is 0.137 e. The van der Waals surface area contributed by atoms with Gasteiger partial charge in [-0.3, -0.25) is 0 Å². The molecule has 1 aromatic rings. The standard InChI is InChI=1S/C16H24ClNO/c1-4-16(2,3)13-5-6-15(14(17)9-13)19-11-12-7-8-18-10-12/h5-6,9,12,18H,4,7-8,10-11H2,1-3H3. The number of nitrogens with one attached hydrogen (secondary N) is 1. The second-order valence-electron chi connectivity index (χ2n) is 6.05. The Hall–Kier alpha value is -0.730. The normalized spacial score (nSPS) is 19.7. The first-order chi connectivity index (χ1) is 9.03. The molecule has 0 amide bonds. The quantitative estimate of drug-likeness (QED) is 0.880. The lowest BCUT2D eigenvalue weighted by Crippen LogP contribution is -2.17. The van der Waals surface area contributed by atoms with E-state index in [4.69, 9.17) is 16.3 Å². The average molecular weight is 282 g/mol. The van der Waals surface area contributed by atoms with Gasteiger partial charge >= 0.3 is 0 Å². The molecule has 1 aliphatic rings. The highest BCUT2D eigenvalue weighted by atomic mass is 35.5. The minimum absolute atomic E-state index is 0.164. The summed E-state index contributed by atoms with van der Waals surface area (Å²) in [6.07, 6.45) is 2.29. The van der Waals surface area contributed by atoms with Gasteiger partial charge < -0.3 is 10.1 Å². The largest absolute Gasteiger partial charge is 0.492 e. The molecule has 0 saturated carbocycles. The van der Waals surface area contributed by atoms with Crippen LogP contribution < -0.4 is 10.1 Å². The zero-order chi connectivity index (χ0) is 13.9. The van der Waals surface area contributed by atoms with Crippen molar-refractivity contribution in [3.8, 4) is 5.75 Å². The molecule has 1 saturated heterocycles. The molecule has 1 aromatic carbocycles. The maximum atomic E-state index is 6.34. The van der Waals surface area contributed by atoms with Gasteiger partial charge in [-0.2, -0.15) is 0 Å². The Morgan fingerprint density at radius 1 is 1.42 bits per heavy atom. The fourth-order valence-electron chi connectivity index (χ4n) is 2.31. The van der Waals surface area contributed by atoms with Crippen molar-refractivity contribution in [1.29, 1.82) is 0 Å². The topological polar surface area (TPSA) is 21.3 Å². The van der Waals surface area contributed by atoms with Crippen LogP contribution in [0.15, 0.2) is 18.2 Å². The summed E-state index contributed by atoms with van der Waals surface area (Å²) in [4.78, 5) is 0. The summed E-state index contributed by atoms with van der Waals surface area (Å²) < 4.78 is 5.85. The van der Waals surface area contributed by atoms with E-state index in [0.717, 1.165) is 36.9 Å². The van der Waals surface area contributed by atoms with E-state index in [1.165, 1.54) is 12.0 Å². The third-order valence-corrected chi connectivity index (χ3v) is 4.53. The molecule has 1 fully saturated rings. The SMILES string of the molecule is CCC(C)(C)c1ccc(OCC2CCNC2)c(Cl)c1. The summed E-state index contributed by atoms with van der Waals surface area (Å²) in [6, 6.07) is 6.20. The van der Waals surface area contributed by atoms with E-state index in [0.29, 0.717) is 5.92 Å². The van der Waals surface area contributed by atoms with Crippen molar-refractivity contribution in [2.75, 3.05) is 19.7 Å². The van der Waals surface area contributed by atoms with Crippen LogP contribution >= 0.6 is 11.6 Å². The minimum Gasteiger partial charge on any atom is -0.492 e. The van der Waals surface area contributed by atoms with E-state index in [-0.39, 0.29) is 5.41 Å². The summed E-state index contributed by atoms with van der Waals surface area (Å²) in [7, 11) is 0. The van der Waals surface area contributed by atoms with Crippen LogP contribution in [0, 0.1) is 5.92 Å². The fraction of sp³-hybridized carbons (Fsp3) is 0.625. The van der Waals surface area contributed by atoms with E-state index in [1.54, 1.807) is 0 Å². The van der Waals surface area contributed by atoms with E-state index in [2.05, 4.69) is 32.2 Å². The highest BCUT2D eigenvalue weighted by molar-refractivity contribution is 6.32. The number of ether oxygens (including phenoxy) is 1. The molecular formula is C16H24ClNO. The number of hydrogen-bond acceptors (Lipinski definition) is 2. The molecule has 106 valence electrons. The Morgan fingerprint density at radius 3 is 2.79 bits per heavy atom. The molecular weight excluding hydrogens is 258 g/mol. The van der Waals surface area contributed by atoms with Gasteiger partial charge in [0.2, 0.25) is 0 Å². The van der Waals surface area contributed by atoms with Crippen LogP contribution in [0.5, 0.6) is 5.75 Å². The molecule has 1 heterocycles. The predicted molar refractivity (Wildman–Crippen MR) is 81.2 cm³/mol. The molecule has 0 aromatic heterocycles. The van der Waals surface area contributed by atoms with Gasteiger partial charge in [0.1, 0.15) is 5.75 Å². The van der Waals surface area contributed by atoms with Crippen molar-refractivity contribution in [1.82, 2.24) is 5.32 Å². The van der Waals surface area contributed by atoms with Gasteiger partial charge in [0, 0.05) is 12.5 Å². The van der Waals surface area contributed by atoms with Crippen LogP contribution in [0.2, 0.25) is 5.02 Å². The molecule has 2 rings (SSSR count). The van der Waals surface area contributed by atoms with Crippen molar-refractivity contribution < 1.29 is 4.74 Å². The first-order valence-corrected chi connectivity index (χ1v) is 7.54. The summed E-state index contributed by atoms with van der Waals surface area (Å²) in [5.41, 5.74) is 1.44. The number of rotatable bonds is 5. The molecule has 2 nitrogen and oxygen atoms in total. The summed E-state index contributed by atoms with van der Waals surface area (Å²) in [5, 5.41) is 4.07. The maximum absolute atomic E-state index is 6.34. The Morgan fingerprint density at radius 2 is 2.21 bits per heavy atom. The summed E-state index contributed by atoms with van der Waals surface area (Å²) >= 11 is 6.34. The zero-order valence-corrected chi connectivity index (χ0v) is 12.9. The predicted octanol–water partition coefficient (Wildman–Crippen LogP) is 4.02. The van der Waals surface area contributed by atoms with Gasteiger partial charge in [-0.1, -0.05) is 38.4 Å². The first-order valence-electron chi connectivity index (χ1n) is 7.16. The molecule has 1 unspecified atom stereocenters. The van der Waals surface area contributed by atoms with Crippen LogP contribution in [0.25, 0.3) is 0 Å². The molecule has 1 aliphatic heterocycles. The summed E-state index contributed by atoms with van der Waals surface area (Å²) in [5.74, 6) is 1.42. The second-order valence-corrected chi connectivity index (χ2v) is 6.46. The van der Waals surface area contributed by atoms with Crippen LogP contribution in [-0.4, -0.2) is 19.7 Å². The Balaban J connectivity index is 2.02. The van der Waals surface area contributed by atoms with Crippen molar-refractivity contribution in [2.45, 2.75) is 39.0 Å². The third kappa shape index (κ3) is 3.64. The van der Waals surface area contributed by atoms with Crippen molar-refractivity contribution in [3.05, 3.63) is 28.8 Å². The van der Waals surface area contributed by atoms with E-state index < -0.39 is 0 Å². The summed E-state index contributed by atoms with van der Waals surface area (Å²) in [6.45, 7) is 9.59. The molecule has 1 atom stereocenters. The molecule has 0 bridgehead atoms. The molecule has 19 heavy (non-hydrogen) atoms.